The van der Waals surface area contributed by atoms with Gasteiger partial charge in [-0.1, -0.05) is 35.9 Å². The van der Waals surface area contributed by atoms with Crippen LogP contribution in [0.5, 0.6) is 10.9 Å². The maximum absolute atomic E-state index is 12.2. The number of carbonyl (C=O) groups is 1. The Morgan fingerprint density at radius 2 is 1.93 bits per heavy atom. The first-order valence-corrected chi connectivity index (χ1v) is 9.76. The Balaban J connectivity index is 1.68. The van der Waals surface area contributed by atoms with E-state index in [1.165, 1.54) is 17.1 Å². The maximum Gasteiger partial charge on any atom is 0.298 e. The van der Waals surface area contributed by atoms with E-state index in [1.54, 1.807) is 19.2 Å². The molecule has 0 aliphatic rings. The van der Waals surface area contributed by atoms with Gasteiger partial charge < -0.3 is 14.8 Å². The van der Waals surface area contributed by atoms with Gasteiger partial charge in [-0.25, -0.2) is 0 Å². The van der Waals surface area contributed by atoms with Gasteiger partial charge in [-0.05, 0) is 37.1 Å². The third-order valence-corrected chi connectivity index (χ3v) is 4.80. The molecule has 1 aromatic heterocycles. The Hall–Kier alpha value is -2.77. The van der Waals surface area contributed by atoms with E-state index >= 15 is 0 Å². The molecule has 6 nitrogen and oxygen atoms in total. The number of hydrogen-bond donors (Lipinski definition) is 1. The van der Waals surface area contributed by atoms with Crippen LogP contribution in [0.2, 0.25) is 0 Å². The summed E-state index contributed by atoms with van der Waals surface area (Å²) in [5.41, 5.74) is 3.83. The van der Waals surface area contributed by atoms with Crippen molar-refractivity contribution in [1.29, 1.82) is 0 Å². The van der Waals surface area contributed by atoms with Crippen LogP contribution in [0.4, 0.5) is 0 Å². The number of ether oxygens (including phenoxy) is 2. The second-order valence-corrected chi connectivity index (χ2v) is 7.18. The lowest BCUT2D eigenvalue weighted by atomic mass is 10.1. The van der Waals surface area contributed by atoms with Gasteiger partial charge in [0.15, 0.2) is 5.82 Å². The SMILES string of the molecule is COCCNC(=O)c1ccc(C)c(Oc2nc(Cc3ccc(C)cc3)ns2)c1. The molecule has 0 spiro atoms. The predicted octanol–water partition coefficient (Wildman–Crippen LogP) is 3.91. The highest BCUT2D eigenvalue weighted by atomic mass is 32.1. The Kier molecular flexibility index (Phi) is 6.73. The summed E-state index contributed by atoms with van der Waals surface area (Å²) in [5.74, 6) is 1.15. The molecule has 0 radical (unpaired) electrons. The van der Waals surface area contributed by atoms with Gasteiger partial charge in [-0.3, -0.25) is 4.79 Å². The molecular weight excluding hydrogens is 374 g/mol. The largest absolute Gasteiger partial charge is 0.430 e. The zero-order valence-electron chi connectivity index (χ0n) is 16.2. The van der Waals surface area contributed by atoms with Gasteiger partial charge in [0, 0.05) is 37.2 Å². The molecule has 3 aromatic rings. The third-order valence-electron chi connectivity index (χ3n) is 4.17. The third kappa shape index (κ3) is 5.37. The van der Waals surface area contributed by atoms with Crippen molar-refractivity contribution in [3.8, 4) is 10.9 Å². The van der Waals surface area contributed by atoms with E-state index in [9.17, 15) is 4.79 Å². The summed E-state index contributed by atoms with van der Waals surface area (Å²) in [4.78, 5) is 16.7. The fourth-order valence-electron chi connectivity index (χ4n) is 2.55. The average molecular weight is 398 g/mol. The molecule has 0 bridgehead atoms. The minimum absolute atomic E-state index is 0.167. The zero-order valence-corrected chi connectivity index (χ0v) is 17.0. The first kappa shape index (κ1) is 20.0. The van der Waals surface area contributed by atoms with Gasteiger partial charge >= 0.3 is 0 Å². The van der Waals surface area contributed by atoms with E-state index in [-0.39, 0.29) is 5.91 Å². The van der Waals surface area contributed by atoms with Crippen LogP contribution in [0.25, 0.3) is 0 Å². The molecule has 3 rings (SSSR count). The molecule has 28 heavy (non-hydrogen) atoms. The fourth-order valence-corrected chi connectivity index (χ4v) is 3.12. The molecule has 1 amide bonds. The van der Waals surface area contributed by atoms with Gasteiger partial charge in [0.25, 0.3) is 11.1 Å². The van der Waals surface area contributed by atoms with Crippen molar-refractivity contribution in [2.45, 2.75) is 20.3 Å². The van der Waals surface area contributed by atoms with Crippen LogP contribution in [0.15, 0.2) is 42.5 Å². The lowest BCUT2D eigenvalue weighted by Crippen LogP contribution is -2.26. The highest BCUT2D eigenvalue weighted by molar-refractivity contribution is 7.07. The molecule has 2 aromatic carbocycles. The smallest absolute Gasteiger partial charge is 0.298 e. The van der Waals surface area contributed by atoms with Crippen molar-refractivity contribution in [2.75, 3.05) is 20.3 Å². The Bertz CT molecular complexity index is 938. The van der Waals surface area contributed by atoms with E-state index in [0.29, 0.717) is 36.1 Å². The van der Waals surface area contributed by atoms with Gasteiger partial charge in [-0.2, -0.15) is 9.36 Å². The van der Waals surface area contributed by atoms with E-state index < -0.39 is 0 Å². The van der Waals surface area contributed by atoms with Crippen LogP contribution in [-0.4, -0.2) is 35.5 Å². The summed E-state index contributed by atoms with van der Waals surface area (Å²) in [6.07, 6.45) is 0.654. The van der Waals surface area contributed by atoms with Crippen LogP contribution < -0.4 is 10.1 Å². The number of nitrogens with zero attached hydrogens (tertiary/aromatic N) is 2. The van der Waals surface area contributed by atoms with Crippen molar-refractivity contribution >= 4 is 17.4 Å². The lowest BCUT2D eigenvalue weighted by Gasteiger charge is -2.09. The molecule has 0 fully saturated rings. The summed E-state index contributed by atoms with van der Waals surface area (Å²) in [6, 6.07) is 13.7. The highest BCUT2D eigenvalue weighted by Crippen LogP contribution is 2.28. The lowest BCUT2D eigenvalue weighted by molar-refractivity contribution is 0.0937. The van der Waals surface area contributed by atoms with Gasteiger partial charge in [-0.15, -0.1) is 0 Å². The summed E-state index contributed by atoms with van der Waals surface area (Å²) in [6.45, 7) is 4.91. The number of amides is 1. The molecule has 0 aliphatic carbocycles. The number of nitrogens with one attached hydrogen (secondary N) is 1. The highest BCUT2D eigenvalue weighted by Gasteiger charge is 2.12. The average Bonchev–Trinajstić information content (AvgIpc) is 3.12. The molecule has 7 heteroatoms. The normalized spacial score (nSPS) is 10.7. The number of benzene rings is 2. The maximum atomic E-state index is 12.2. The van der Waals surface area contributed by atoms with E-state index in [2.05, 4.69) is 45.9 Å². The Morgan fingerprint density at radius 3 is 2.68 bits per heavy atom. The van der Waals surface area contributed by atoms with Crippen molar-refractivity contribution in [3.05, 3.63) is 70.5 Å². The van der Waals surface area contributed by atoms with Gasteiger partial charge in [0.2, 0.25) is 0 Å². The number of rotatable bonds is 8. The van der Waals surface area contributed by atoms with Crippen LogP contribution in [0.3, 0.4) is 0 Å². The topological polar surface area (TPSA) is 73.3 Å². The molecule has 0 saturated heterocycles. The van der Waals surface area contributed by atoms with Gasteiger partial charge in [0.1, 0.15) is 5.75 Å². The number of hydrogen-bond acceptors (Lipinski definition) is 6. The Morgan fingerprint density at radius 1 is 1.14 bits per heavy atom. The number of aromatic nitrogens is 2. The van der Waals surface area contributed by atoms with Crippen molar-refractivity contribution < 1.29 is 14.3 Å². The van der Waals surface area contributed by atoms with Crippen molar-refractivity contribution in [1.82, 2.24) is 14.7 Å². The van der Waals surface area contributed by atoms with E-state index in [1.807, 2.05) is 13.0 Å². The summed E-state index contributed by atoms with van der Waals surface area (Å²) < 4.78 is 15.2. The van der Waals surface area contributed by atoms with Crippen LogP contribution in [0.1, 0.15) is 32.9 Å². The van der Waals surface area contributed by atoms with Crippen molar-refractivity contribution in [2.24, 2.45) is 0 Å². The van der Waals surface area contributed by atoms with Crippen LogP contribution in [-0.2, 0) is 11.2 Å². The quantitative estimate of drug-likeness (QED) is 0.583. The summed E-state index contributed by atoms with van der Waals surface area (Å²) >= 11 is 1.21. The summed E-state index contributed by atoms with van der Waals surface area (Å²) in [5, 5.41) is 3.26. The molecule has 0 aliphatic heterocycles. The molecule has 0 saturated carbocycles. The zero-order chi connectivity index (χ0) is 19.9. The first-order chi connectivity index (χ1) is 13.5. The monoisotopic (exact) mass is 397 g/mol. The first-order valence-electron chi connectivity index (χ1n) is 8.99. The minimum Gasteiger partial charge on any atom is -0.430 e. The molecule has 1 heterocycles. The van der Waals surface area contributed by atoms with Gasteiger partial charge in [0.05, 0.1) is 6.61 Å². The minimum atomic E-state index is -0.167. The van der Waals surface area contributed by atoms with E-state index in [0.717, 1.165) is 17.0 Å². The number of carbonyl (C=O) groups excluding carboxylic acids is 1. The summed E-state index contributed by atoms with van der Waals surface area (Å²) in [7, 11) is 1.60. The molecule has 0 atom stereocenters. The standard InChI is InChI=1S/C21H23N3O3S/c1-14-4-7-16(8-5-14)12-19-23-21(28-24-19)27-18-13-17(9-6-15(18)2)20(25)22-10-11-26-3/h4-9,13H,10-12H2,1-3H3,(H,22,25). The molecule has 0 unspecified atom stereocenters. The predicted molar refractivity (Wildman–Crippen MR) is 109 cm³/mol. The fraction of sp³-hybridized carbons (Fsp3) is 0.286. The van der Waals surface area contributed by atoms with Crippen LogP contribution in [0, 0.1) is 13.8 Å². The second-order valence-electron chi connectivity index (χ2n) is 6.47. The molecular formula is C21H23N3O3S. The number of aryl methyl sites for hydroxylation is 2. The van der Waals surface area contributed by atoms with Crippen LogP contribution >= 0.6 is 11.5 Å². The van der Waals surface area contributed by atoms with E-state index in [4.69, 9.17) is 9.47 Å². The molecule has 146 valence electrons. The number of methoxy groups -OCH3 is 1. The molecule has 1 N–H and O–H groups in total. The second kappa shape index (κ2) is 9.43. The Labute approximate surface area is 168 Å². The van der Waals surface area contributed by atoms with Crippen molar-refractivity contribution in [3.63, 3.8) is 0 Å².